The Morgan fingerprint density at radius 2 is 2.11 bits per heavy atom. The van der Waals surface area contributed by atoms with Crippen LogP contribution in [0.15, 0.2) is 23.2 Å². The third-order valence-electron chi connectivity index (χ3n) is 3.45. The van der Waals surface area contributed by atoms with Crippen molar-refractivity contribution < 1.29 is 14.6 Å². The lowest BCUT2D eigenvalue weighted by atomic mass is 10.1. The van der Waals surface area contributed by atoms with Gasteiger partial charge in [0.2, 0.25) is 0 Å². The number of aromatic carboxylic acids is 1. The van der Waals surface area contributed by atoms with Gasteiger partial charge in [-0.05, 0) is 31.0 Å². The highest BCUT2D eigenvalue weighted by Crippen LogP contribution is 2.31. The molecule has 3 N–H and O–H groups in total. The molecule has 0 unspecified atom stereocenters. The molecule has 0 heterocycles. The molecule has 0 atom stereocenters. The number of hydrogen-bond donors (Lipinski definition) is 2. The second-order valence-electron chi connectivity index (χ2n) is 4.71. The lowest BCUT2D eigenvalue weighted by Crippen LogP contribution is -2.20. The molecule has 0 saturated heterocycles. The summed E-state index contributed by atoms with van der Waals surface area (Å²) in [4.78, 5) is 15.3. The number of hydrogen-bond acceptors (Lipinski definition) is 3. The monoisotopic (exact) mass is 262 g/mol. The minimum atomic E-state index is -0.987. The van der Waals surface area contributed by atoms with Gasteiger partial charge >= 0.3 is 5.97 Å². The molecule has 5 nitrogen and oxygen atoms in total. The van der Waals surface area contributed by atoms with Crippen LogP contribution >= 0.6 is 0 Å². The number of ether oxygens (including phenoxy) is 1. The highest BCUT2D eigenvalue weighted by Gasteiger charge is 2.19. The number of carboxylic acids is 1. The van der Waals surface area contributed by atoms with E-state index < -0.39 is 5.97 Å². The fraction of sp³-hybridized carbons (Fsp3) is 0.429. The second kappa shape index (κ2) is 5.73. The summed E-state index contributed by atoms with van der Waals surface area (Å²) in [6.07, 6.45) is 4.45. The van der Waals surface area contributed by atoms with Crippen LogP contribution in [0.3, 0.4) is 0 Å². The number of rotatable bonds is 4. The van der Waals surface area contributed by atoms with E-state index in [1.54, 1.807) is 6.07 Å². The van der Waals surface area contributed by atoms with Crippen molar-refractivity contribution in [1.29, 1.82) is 0 Å². The van der Waals surface area contributed by atoms with E-state index in [2.05, 4.69) is 4.99 Å². The molecule has 0 spiro atoms. The summed E-state index contributed by atoms with van der Waals surface area (Å²) in [5.41, 5.74) is 6.67. The van der Waals surface area contributed by atoms with Gasteiger partial charge in [-0.2, -0.15) is 0 Å². The van der Waals surface area contributed by atoms with Gasteiger partial charge in [-0.3, -0.25) is 0 Å². The minimum Gasteiger partial charge on any atom is -0.494 e. The van der Waals surface area contributed by atoms with Crippen molar-refractivity contribution >= 4 is 17.5 Å². The van der Waals surface area contributed by atoms with Crippen LogP contribution in [-0.2, 0) is 0 Å². The quantitative estimate of drug-likeness (QED) is 0.645. The van der Waals surface area contributed by atoms with E-state index in [-0.39, 0.29) is 5.56 Å². The van der Waals surface area contributed by atoms with Crippen molar-refractivity contribution in [3.05, 3.63) is 23.8 Å². The predicted molar refractivity (Wildman–Crippen MR) is 73.2 cm³/mol. The average molecular weight is 262 g/mol. The summed E-state index contributed by atoms with van der Waals surface area (Å²) in [6.45, 7) is 0. The van der Waals surface area contributed by atoms with Crippen molar-refractivity contribution in [2.24, 2.45) is 16.6 Å². The Balaban J connectivity index is 2.33. The van der Waals surface area contributed by atoms with Crippen LogP contribution in [0.1, 0.15) is 36.0 Å². The number of nitrogens with zero attached hydrogens (tertiary/aromatic N) is 1. The molecule has 1 aliphatic carbocycles. The fourth-order valence-electron chi connectivity index (χ4n) is 2.36. The third kappa shape index (κ3) is 3.05. The van der Waals surface area contributed by atoms with Crippen LogP contribution in [0, 0.1) is 5.92 Å². The molecule has 0 bridgehead atoms. The van der Waals surface area contributed by atoms with E-state index in [0.717, 1.165) is 12.8 Å². The summed E-state index contributed by atoms with van der Waals surface area (Å²) < 4.78 is 5.19. The normalized spacial score (nSPS) is 16.6. The van der Waals surface area contributed by atoms with Crippen molar-refractivity contribution in [1.82, 2.24) is 0 Å². The Morgan fingerprint density at radius 3 is 2.68 bits per heavy atom. The standard InChI is InChI=1S/C14H18N2O3/c1-19-12-7-6-10(14(17)18)8-11(12)16-13(15)9-4-2-3-5-9/h6-9H,2-5H2,1H3,(H2,15,16)(H,17,18). The van der Waals surface area contributed by atoms with Gasteiger partial charge in [0.15, 0.2) is 0 Å². The van der Waals surface area contributed by atoms with Crippen LogP contribution < -0.4 is 10.5 Å². The lowest BCUT2D eigenvalue weighted by Gasteiger charge is -2.10. The van der Waals surface area contributed by atoms with Gasteiger partial charge in [-0.1, -0.05) is 12.8 Å². The smallest absolute Gasteiger partial charge is 0.335 e. The van der Waals surface area contributed by atoms with Gasteiger partial charge in [0.25, 0.3) is 0 Å². The molecule has 0 aliphatic heterocycles. The van der Waals surface area contributed by atoms with Crippen LogP contribution in [0.5, 0.6) is 5.75 Å². The summed E-state index contributed by atoms with van der Waals surface area (Å²) in [5.74, 6) is 0.418. The first-order valence-corrected chi connectivity index (χ1v) is 6.37. The molecule has 5 heteroatoms. The number of carboxylic acid groups (broad SMARTS) is 1. The number of benzene rings is 1. The summed E-state index contributed by atoms with van der Waals surface area (Å²) in [6, 6.07) is 4.58. The zero-order valence-electron chi connectivity index (χ0n) is 10.9. The molecule has 2 rings (SSSR count). The molecule has 1 aromatic carbocycles. The molecule has 1 fully saturated rings. The first kappa shape index (κ1) is 13.4. The first-order valence-electron chi connectivity index (χ1n) is 6.37. The van der Waals surface area contributed by atoms with Crippen LogP contribution in [0.2, 0.25) is 0 Å². The SMILES string of the molecule is COc1ccc(C(=O)O)cc1N=C(N)C1CCCC1. The second-order valence-corrected chi connectivity index (χ2v) is 4.71. The van der Waals surface area contributed by atoms with Gasteiger partial charge in [0, 0.05) is 5.92 Å². The van der Waals surface area contributed by atoms with E-state index >= 15 is 0 Å². The molecule has 0 aromatic heterocycles. The molecular formula is C14H18N2O3. The van der Waals surface area contributed by atoms with Crippen LogP contribution in [-0.4, -0.2) is 24.0 Å². The number of carbonyl (C=O) groups is 1. The number of nitrogens with two attached hydrogens (primary N) is 1. The van der Waals surface area contributed by atoms with E-state index in [1.165, 1.54) is 32.1 Å². The Bertz CT molecular complexity index is 505. The Hall–Kier alpha value is -2.04. The van der Waals surface area contributed by atoms with Gasteiger partial charge in [0.05, 0.1) is 12.7 Å². The van der Waals surface area contributed by atoms with E-state index in [0.29, 0.717) is 23.2 Å². The Labute approximate surface area is 112 Å². The van der Waals surface area contributed by atoms with Gasteiger partial charge < -0.3 is 15.6 Å². The largest absolute Gasteiger partial charge is 0.494 e. The van der Waals surface area contributed by atoms with E-state index in [4.69, 9.17) is 15.6 Å². The molecule has 1 aliphatic rings. The molecule has 19 heavy (non-hydrogen) atoms. The van der Waals surface area contributed by atoms with E-state index in [9.17, 15) is 4.79 Å². The Kier molecular flexibility index (Phi) is 4.04. The topological polar surface area (TPSA) is 84.9 Å². The predicted octanol–water partition coefficient (Wildman–Crippen LogP) is 2.57. The average Bonchev–Trinajstić information content (AvgIpc) is 2.92. The minimum absolute atomic E-state index is 0.179. The summed E-state index contributed by atoms with van der Waals surface area (Å²) in [5, 5.41) is 9.00. The first-order chi connectivity index (χ1) is 9.11. The highest BCUT2D eigenvalue weighted by atomic mass is 16.5. The maximum atomic E-state index is 11.0. The maximum absolute atomic E-state index is 11.0. The van der Waals surface area contributed by atoms with Crippen molar-refractivity contribution in [3.8, 4) is 5.75 Å². The molecule has 1 saturated carbocycles. The van der Waals surface area contributed by atoms with E-state index in [1.807, 2.05) is 0 Å². The number of aliphatic imine (C=N–C) groups is 1. The zero-order chi connectivity index (χ0) is 13.8. The van der Waals surface area contributed by atoms with Crippen LogP contribution in [0.4, 0.5) is 5.69 Å². The highest BCUT2D eigenvalue weighted by molar-refractivity contribution is 5.91. The van der Waals surface area contributed by atoms with Crippen molar-refractivity contribution in [2.45, 2.75) is 25.7 Å². The maximum Gasteiger partial charge on any atom is 0.335 e. The number of methoxy groups -OCH3 is 1. The summed E-state index contributed by atoms with van der Waals surface area (Å²) in [7, 11) is 1.53. The lowest BCUT2D eigenvalue weighted by molar-refractivity contribution is 0.0697. The van der Waals surface area contributed by atoms with Crippen molar-refractivity contribution in [2.75, 3.05) is 7.11 Å². The Morgan fingerprint density at radius 1 is 1.42 bits per heavy atom. The van der Waals surface area contributed by atoms with Crippen molar-refractivity contribution in [3.63, 3.8) is 0 Å². The molecule has 102 valence electrons. The zero-order valence-corrected chi connectivity index (χ0v) is 10.9. The van der Waals surface area contributed by atoms with Gasteiger partial charge in [-0.25, -0.2) is 9.79 Å². The third-order valence-corrected chi connectivity index (χ3v) is 3.45. The molecule has 1 aromatic rings. The fourth-order valence-corrected chi connectivity index (χ4v) is 2.36. The van der Waals surface area contributed by atoms with Gasteiger partial charge in [0.1, 0.15) is 17.3 Å². The number of amidine groups is 1. The summed E-state index contributed by atoms with van der Waals surface area (Å²) >= 11 is 0. The molecular weight excluding hydrogens is 244 g/mol. The molecule has 0 radical (unpaired) electrons. The van der Waals surface area contributed by atoms with Crippen LogP contribution in [0.25, 0.3) is 0 Å². The van der Waals surface area contributed by atoms with Gasteiger partial charge in [-0.15, -0.1) is 0 Å². The molecule has 0 amide bonds.